The number of ether oxygens (including phenoxy) is 1. The third kappa shape index (κ3) is 3.64. The SMILES string of the molecule is COc1cc(N)ccc1S(=O)(=O)CCCN1CCCC1. The van der Waals surface area contributed by atoms with Crippen LogP contribution in [0.2, 0.25) is 0 Å². The Balaban J connectivity index is 2.02. The summed E-state index contributed by atoms with van der Waals surface area (Å²) in [6, 6.07) is 4.67. The van der Waals surface area contributed by atoms with Crippen molar-refractivity contribution in [2.45, 2.75) is 24.2 Å². The molecule has 0 amide bonds. The second kappa shape index (κ2) is 6.45. The molecule has 0 bridgehead atoms. The molecule has 1 heterocycles. The molecule has 1 fully saturated rings. The lowest BCUT2D eigenvalue weighted by Gasteiger charge is -2.15. The second-order valence-corrected chi connectivity index (χ2v) is 7.21. The number of nitrogens with two attached hydrogens (primary N) is 1. The first-order valence-electron chi connectivity index (χ1n) is 6.91. The fourth-order valence-corrected chi connectivity index (χ4v) is 3.99. The van der Waals surface area contributed by atoms with E-state index in [-0.39, 0.29) is 10.6 Å². The van der Waals surface area contributed by atoms with E-state index in [4.69, 9.17) is 10.5 Å². The van der Waals surface area contributed by atoms with Crippen LogP contribution in [0.5, 0.6) is 5.75 Å². The van der Waals surface area contributed by atoms with Gasteiger partial charge in [-0.3, -0.25) is 0 Å². The first-order valence-corrected chi connectivity index (χ1v) is 8.57. The summed E-state index contributed by atoms with van der Waals surface area (Å²) in [6.07, 6.45) is 3.09. The lowest BCUT2D eigenvalue weighted by Crippen LogP contribution is -2.22. The molecule has 1 aliphatic rings. The Hall–Kier alpha value is -1.27. The number of nitrogens with zero attached hydrogens (tertiary/aromatic N) is 1. The van der Waals surface area contributed by atoms with Crippen molar-refractivity contribution in [3.63, 3.8) is 0 Å². The minimum absolute atomic E-state index is 0.143. The normalized spacial score (nSPS) is 16.4. The summed E-state index contributed by atoms with van der Waals surface area (Å²) in [5.74, 6) is 0.468. The predicted molar refractivity (Wildman–Crippen MR) is 79.8 cm³/mol. The number of anilines is 1. The summed E-state index contributed by atoms with van der Waals surface area (Å²) in [7, 11) is -1.86. The Morgan fingerprint density at radius 1 is 1.30 bits per heavy atom. The average Bonchev–Trinajstić information content (AvgIpc) is 2.91. The molecule has 6 heteroatoms. The van der Waals surface area contributed by atoms with Crippen molar-refractivity contribution in [3.05, 3.63) is 18.2 Å². The summed E-state index contributed by atoms with van der Waals surface area (Å²) < 4.78 is 29.8. The lowest BCUT2D eigenvalue weighted by molar-refractivity contribution is 0.340. The van der Waals surface area contributed by atoms with Crippen LogP contribution >= 0.6 is 0 Å². The van der Waals surface area contributed by atoms with Gasteiger partial charge in [-0.05, 0) is 51.0 Å². The monoisotopic (exact) mass is 298 g/mol. The zero-order valence-corrected chi connectivity index (χ0v) is 12.7. The van der Waals surface area contributed by atoms with Gasteiger partial charge >= 0.3 is 0 Å². The van der Waals surface area contributed by atoms with Crippen LogP contribution in [-0.4, -0.2) is 45.8 Å². The highest BCUT2D eigenvalue weighted by molar-refractivity contribution is 7.91. The number of methoxy groups -OCH3 is 1. The van der Waals surface area contributed by atoms with E-state index in [1.54, 1.807) is 12.1 Å². The Labute approximate surface area is 120 Å². The number of sulfone groups is 1. The van der Waals surface area contributed by atoms with E-state index in [9.17, 15) is 8.42 Å². The van der Waals surface area contributed by atoms with Crippen LogP contribution < -0.4 is 10.5 Å². The molecule has 112 valence electrons. The minimum Gasteiger partial charge on any atom is -0.495 e. The van der Waals surface area contributed by atoms with Gasteiger partial charge < -0.3 is 15.4 Å². The quantitative estimate of drug-likeness (QED) is 0.806. The van der Waals surface area contributed by atoms with E-state index in [0.29, 0.717) is 17.9 Å². The van der Waals surface area contributed by atoms with Crippen molar-refractivity contribution >= 4 is 15.5 Å². The average molecular weight is 298 g/mol. The number of hydrogen-bond acceptors (Lipinski definition) is 5. The molecule has 0 atom stereocenters. The third-order valence-electron chi connectivity index (χ3n) is 3.61. The zero-order chi connectivity index (χ0) is 14.6. The molecule has 0 aliphatic carbocycles. The lowest BCUT2D eigenvalue weighted by atomic mass is 10.3. The highest BCUT2D eigenvalue weighted by Crippen LogP contribution is 2.27. The number of rotatable bonds is 6. The molecule has 2 N–H and O–H groups in total. The van der Waals surface area contributed by atoms with Crippen molar-refractivity contribution in [2.24, 2.45) is 0 Å². The maximum atomic E-state index is 12.4. The highest BCUT2D eigenvalue weighted by atomic mass is 32.2. The fraction of sp³-hybridized carbons (Fsp3) is 0.571. The Bertz CT molecular complexity index is 552. The van der Waals surface area contributed by atoms with E-state index in [1.165, 1.54) is 26.0 Å². The number of benzene rings is 1. The Kier molecular flexibility index (Phi) is 4.88. The number of hydrogen-bond donors (Lipinski definition) is 1. The van der Waals surface area contributed by atoms with Gasteiger partial charge in [-0.25, -0.2) is 8.42 Å². The topological polar surface area (TPSA) is 72.6 Å². The van der Waals surface area contributed by atoms with Crippen molar-refractivity contribution in [2.75, 3.05) is 38.2 Å². The molecule has 0 saturated carbocycles. The van der Waals surface area contributed by atoms with E-state index < -0.39 is 9.84 Å². The van der Waals surface area contributed by atoms with Crippen molar-refractivity contribution in [1.29, 1.82) is 0 Å². The molecule has 0 radical (unpaired) electrons. The van der Waals surface area contributed by atoms with Gasteiger partial charge in [0.2, 0.25) is 0 Å². The third-order valence-corrected chi connectivity index (χ3v) is 5.44. The number of nitrogen functional groups attached to an aromatic ring is 1. The fourth-order valence-electron chi connectivity index (χ4n) is 2.54. The van der Waals surface area contributed by atoms with Crippen molar-refractivity contribution in [3.8, 4) is 5.75 Å². The molecule has 1 aliphatic heterocycles. The van der Waals surface area contributed by atoms with Crippen LogP contribution in [0, 0.1) is 0 Å². The molecule has 1 saturated heterocycles. The van der Waals surface area contributed by atoms with Crippen LogP contribution in [0.4, 0.5) is 5.69 Å². The molecule has 20 heavy (non-hydrogen) atoms. The number of likely N-dealkylation sites (tertiary alicyclic amines) is 1. The van der Waals surface area contributed by atoms with Crippen molar-refractivity contribution in [1.82, 2.24) is 4.90 Å². The molecular weight excluding hydrogens is 276 g/mol. The van der Waals surface area contributed by atoms with Gasteiger partial charge in [0.25, 0.3) is 0 Å². The first-order chi connectivity index (χ1) is 9.53. The molecule has 0 unspecified atom stereocenters. The Morgan fingerprint density at radius 3 is 2.65 bits per heavy atom. The maximum absolute atomic E-state index is 12.4. The van der Waals surface area contributed by atoms with Crippen LogP contribution in [-0.2, 0) is 9.84 Å². The molecule has 0 spiro atoms. The van der Waals surface area contributed by atoms with Gasteiger partial charge in [0, 0.05) is 11.8 Å². The first kappa shape index (κ1) is 15.1. The molecular formula is C14H22N2O3S. The van der Waals surface area contributed by atoms with E-state index >= 15 is 0 Å². The van der Waals surface area contributed by atoms with Gasteiger partial charge in [0.15, 0.2) is 9.84 Å². The van der Waals surface area contributed by atoms with Gasteiger partial charge in [-0.15, -0.1) is 0 Å². The maximum Gasteiger partial charge on any atom is 0.182 e. The zero-order valence-electron chi connectivity index (χ0n) is 11.8. The molecule has 1 aromatic rings. The summed E-state index contributed by atoms with van der Waals surface area (Å²) >= 11 is 0. The van der Waals surface area contributed by atoms with Crippen LogP contribution in [0.3, 0.4) is 0 Å². The Morgan fingerprint density at radius 2 is 2.00 bits per heavy atom. The van der Waals surface area contributed by atoms with Gasteiger partial charge in [-0.1, -0.05) is 0 Å². The largest absolute Gasteiger partial charge is 0.495 e. The molecule has 2 rings (SSSR count). The van der Waals surface area contributed by atoms with E-state index in [1.807, 2.05) is 0 Å². The van der Waals surface area contributed by atoms with Crippen LogP contribution in [0.15, 0.2) is 23.1 Å². The van der Waals surface area contributed by atoms with Crippen molar-refractivity contribution < 1.29 is 13.2 Å². The summed E-state index contributed by atoms with van der Waals surface area (Å²) in [4.78, 5) is 2.55. The predicted octanol–water partition coefficient (Wildman–Crippen LogP) is 1.54. The highest BCUT2D eigenvalue weighted by Gasteiger charge is 2.20. The second-order valence-electron chi connectivity index (χ2n) is 5.13. The smallest absolute Gasteiger partial charge is 0.182 e. The van der Waals surface area contributed by atoms with E-state index in [0.717, 1.165) is 19.6 Å². The summed E-state index contributed by atoms with van der Waals surface area (Å²) in [6.45, 7) is 3.02. The molecule has 1 aromatic carbocycles. The summed E-state index contributed by atoms with van der Waals surface area (Å²) in [5, 5.41) is 0. The van der Waals surface area contributed by atoms with Gasteiger partial charge in [0.1, 0.15) is 10.6 Å². The molecule has 5 nitrogen and oxygen atoms in total. The minimum atomic E-state index is -3.32. The van der Waals surface area contributed by atoms with Gasteiger partial charge in [-0.2, -0.15) is 0 Å². The van der Waals surface area contributed by atoms with Crippen LogP contribution in [0.25, 0.3) is 0 Å². The summed E-state index contributed by atoms with van der Waals surface area (Å²) in [5.41, 5.74) is 6.15. The van der Waals surface area contributed by atoms with E-state index in [2.05, 4.69) is 4.90 Å². The van der Waals surface area contributed by atoms with Crippen LogP contribution in [0.1, 0.15) is 19.3 Å². The standard InChI is InChI=1S/C14H22N2O3S/c1-19-13-11-12(15)5-6-14(13)20(17,18)10-4-9-16-7-2-3-8-16/h5-6,11H,2-4,7-10,15H2,1H3. The van der Waals surface area contributed by atoms with Gasteiger partial charge in [0.05, 0.1) is 12.9 Å². The molecule has 0 aromatic heterocycles.